The minimum atomic E-state index is -0.662. The number of anilines is 2. The van der Waals surface area contributed by atoms with Gasteiger partial charge < -0.3 is 15.8 Å². The highest BCUT2D eigenvalue weighted by Crippen LogP contribution is 2.22. The number of ether oxygens (including phenoxy) is 1. The van der Waals surface area contributed by atoms with Crippen LogP contribution in [0.4, 0.5) is 16.2 Å². The van der Waals surface area contributed by atoms with E-state index in [1.165, 1.54) is 0 Å². The van der Waals surface area contributed by atoms with E-state index in [9.17, 15) is 9.59 Å². The second-order valence-corrected chi connectivity index (χ2v) is 5.21. The molecule has 0 spiro atoms. The molecule has 0 saturated carbocycles. The minimum Gasteiger partial charge on any atom is -0.450 e. The fourth-order valence-corrected chi connectivity index (χ4v) is 2.17. The van der Waals surface area contributed by atoms with Crippen LogP contribution in [-0.2, 0) is 4.74 Å². The van der Waals surface area contributed by atoms with Crippen molar-refractivity contribution in [2.75, 3.05) is 17.7 Å². The Kier molecular flexibility index (Phi) is 5.86. The summed E-state index contributed by atoms with van der Waals surface area (Å²) < 4.78 is 4.74. The first-order chi connectivity index (χ1) is 11.5. The monoisotopic (exact) mass is 343 g/mol. The number of hydrogen-bond acceptors (Lipinski definition) is 5. The van der Waals surface area contributed by atoms with Gasteiger partial charge in [-0.25, -0.2) is 4.79 Å². The fraction of sp³-hybridized carbons (Fsp3) is 0.118. The third kappa shape index (κ3) is 4.53. The van der Waals surface area contributed by atoms with Crippen molar-refractivity contribution in [3.63, 3.8) is 0 Å². The van der Waals surface area contributed by atoms with Crippen LogP contribution in [0, 0.1) is 0 Å². The molecular weight excluding hydrogens is 326 g/mol. The third-order valence-corrected chi connectivity index (χ3v) is 3.29. The summed E-state index contributed by atoms with van der Waals surface area (Å²) in [6, 6.07) is 13.7. The lowest BCUT2D eigenvalue weighted by Crippen LogP contribution is -2.34. The number of rotatable bonds is 4. The largest absolute Gasteiger partial charge is 0.450 e. The predicted octanol–water partition coefficient (Wildman–Crippen LogP) is 2.94. The van der Waals surface area contributed by atoms with Gasteiger partial charge in [0.05, 0.1) is 18.0 Å². The van der Waals surface area contributed by atoms with E-state index < -0.39 is 6.09 Å². The molecule has 1 amide bonds. The van der Waals surface area contributed by atoms with E-state index in [0.717, 1.165) is 0 Å². The molecule has 6 nitrogen and oxygen atoms in total. The zero-order valence-corrected chi connectivity index (χ0v) is 13.9. The summed E-state index contributed by atoms with van der Waals surface area (Å²) in [5, 5.41) is 5.18. The highest BCUT2D eigenvalue weighted by atomic mass is 32.1. The maximum atomic E-state index is 12.5. The van der Waals surface area contributed by atoms with Crippen molar-refractivity contribution in [1.29, 1.82) is 0 Å². The van der Waals surface area contributed by atoms with Crippen LogP contribution in [0.2, 0.25) is 0 Å². The van der Waals surface area contributed by atoms with Gasteiger partial charge in [0.15, 0.2) is 10.9 Å². The Bertz CT molecular complexity index is 763. The first-order valence-electron chi connectivity index (χ1n) is 7.25. The highest BCUT2D eigenvalue weighted by molar-refractivity contribution is 7.80. The fourth-order valence-electron chi connectivity index (χ4n) is 1.98. The van der Waals surface area contributed by atoms with Gasteiger partial charge in [-0.2, -0.15) is 0 Å². The Hall–Kier alpha value is -2.93. The standard InChI is InChI=1S/C17H17N3O3S/c1-2-23-17(22)20-16(24)19-14-10-12(8-9-13(14)18)15(21)11-6-4-3-5-7-11/h3-10H,2,18H2,1H3,(H2,19,20,22,24). The Balaban J connectivity index is 2.15. The van der Waals surface area contributed by atoms with Crippen molar-refractivity contribution in [2.45, 2.75) is 6.92 Å². The predicted molar refractivity (Wildman–Crippen MR) is 97.1 cm³/mol. The topological polar surface area (TPSA) is 93.5 Å². The lowest BCUT2D eigenvalue weighted by molar-refractivity contribution is 0.103. The van der Waals surface area contributed by atoms with Crippen LogP contribution in [0.3, 0.4) is 0 Å². The van der Waals surface area contributed by atoms with E-state index in [2.05, 4.69) is 10.6 Å². The van der Waals surface area contributed by atoms with E-state index >= 15 is 0 Å². The second kappa shape index (κ2) is 8.07. The van der Waals surface area contributed by atoms with Crippen LogP contribution in [0.1, 0.15) is 22.8 Å². The number of carbonyl (C=O) groups excluding carboxylic acids is 2. The smallest absolute Gasteiger partial charge is 0.413 e. The van der Waals surface area contributed by atoms with E-state index in [1.54, 1.807) is 49.4 Å². The van der Waals surface area contributed by atoms with Gasteiger partial charge in [0.1, 0.15) is 0 Å². The zero-order valence-electron chi connectivity index (χ0n) is 13.0. The van der Waals surface area contributed by atoms with E-state index in [1.807, 2.05) is 6.07 Å². The second-order valence-electron chi connectivity index (χ2n) is 4.80. The Morgan fingerprint density at radius 1 is 1.12 bits per heavy atom. The Morgan fingerprint density at radius 3 is 2.50 bits per heavy atom. The van der Waals surface area contributed by atoms with Crippen LogP contribution in [0.15, 0.2) is 48.5 Å². The lowest BCUT2D eigenvalue weighted by atomic mass is 10.0. The quantitative estimate of drug-likeness (QED) is 0.449. The minimum absolute atomic E-state index is 0.0319. The van der Waals surface area contributed by atoms with E-state index in [4.69, 9.17) is 22.7 Å². The number of carbonyl (C=O) groups is 2. The molecule has 2 rings (SSSR count). The molecule has 0 heterocycles. The van der Waals surface area contributed by atoms with Gasteiger partial charge in [-0.05, 0) is 37.3 Å². The molecular formula is C17H17N3O3S. The molecule has 24 heavy (non-hydrogen) atoms. The number of hydrogen-bond donors (Lipinski definition) is 3. The normalized spacial score (nSPS) is 9.88. The highest BCUT2D eigenvalue weighted by Gasteiger charge is 2.12. The van der Waals surface area contributed by atoms with Gasteiger partial charge >= 0.3 is 6.09 Å². The first-order valence-corrected chi connectivity index (χ1v) is 7.66. The average molecular weight is 343 g/mol. The van der Waals surface area contributed by atoms with Crippen molar-refractivity contribution in [2.24, 2.45) is 0 Å². The molecule has 2 aromatic carbocycles. The molecule has 0 aliphatic heterocycles. The Morgan fingerprint density at radius 2 is 1.83 bits per heavy atom. The van der Waals surface area contributed by atoms with Crippen LogP contribution in [0.5, 0.6) is 0 Å². The Labute approximate surface area is 145 Å². The molecule has 2 aromatic rings. The van der Waals surface area contributed by atoms with Crippen LogP contribution in [0.25, 0.3) is 0 Å². The molecule has 0 saturated heterocycles. The number of nitrogens with one attached hydrogen (secondary N) is 2. The van der Waals surface area contributed by atoms with Crippen molar-refractivity contribution in [3.05, 3.63) is 59.7 Å². The maximum Gasteiger partial charge on any atom is 0.413 e. The summed E-state index contributed by atoms with van der Waals surface area (Å²) in [5.41, 5.74) is 7.74. The molecule has 0 fully saturated rings. The van der Waals surface area contributed by atoms with Crippen LogP contribution >= 0.6 is 12.2 Å². The van der Waals surface area contributed by atoms with E-state index in [-0.39, 0.29) is 17.5 Å². The molecule has 0 atom stereocenters. The SMILES string of the molecule is CCOC(=O)NC(=S)Nc1cc(C(=O)c2ccccc2)ccc1N. The molecule has 0 aliphatic rings. The van der Waals surface area contributed by atoms with Crippen LogP contribution < -0.4 is 16.4 Å². The summed E-state index contributed by atoms with van der Waals surface area (Å²) in [7, 11) is 0. The first kappa shape index (κ1) is 17.4. The number of benzene rings is 2. The number of alkyl carbamates (subject to hydrolysis) is 1. The van der Waals surface area contributed by atoms with Crippen LogP contribution in [-0.4, -0.2) is 23.6 Å². The van der Waals surface area contributed by atoms with Crippen molar-refractivity contribution in [1.82, 2.24) is 5.32 Å². The molecule has 0 unspecified atom stereocenters. The number of nitrogen functional groups attached to an aromatic ring is 1. The lowest BCUT2D eigenvalue weighted by Gasteiger charge is -2.12. The number of nitrogens with two attached hydrogens (primary N) is 1. The average Bonchev–Trinajstić information content (AvgIpc) is 2.57. The summed E-state index contributed by atoms with van der Waals surface area (Å²) in [4.78, 5) is 23.8. The molecule has 7 heteroatoms. The third-order valence-electron chi connectivity index (χ3n) is 3.09. The summed E-state index contributed by atoms with van der Waals surface area (Å²) in [5.74, 6) is -0.136. The zero-order chi connectivity index (χ0) is 17.5. The van der Waals surface area contributed by atoms with Crippen molar-refractivity contribution in [3.8, 4) is 0 Å². The van der Waals surface area contributed by atoms with Gasteiger partial charge in [-0.1, -0.05) is 30.3 Å². The maximum absolute atomic E-state index is 12.5. The molecule has 0 bridgehead atoms. The molecule has 0 aliphatic carbocycles. The summed E-state index contributed by atoms with van der Waals surface area (Å²) in [6.07, 6.45) is -0.662. The summed E-state index contributed by atoms with van der Waals surface area (Å²) in [6.45, 7) is 1.92. The molecule has 4 N–H and O–H groups in total. The molecule has 0 aromatic heterocycles. The number of thiocarbonyl (C=S) groups is 1. The van der Waals surface area contributed by atoms with Gasteiger partial charge in [0, 0.05) is 11.1 Å². The molecule has 0 radical (unpaired) electrons. The number of amides is 1. The summed E-state index contributed by atoms with van der Waals surface area (Å²) >= 11 is 5.02. The van der Waals surface area contributed by atoms with Gasteiger partial charge in [-0.3, -0.25) is 10.1 Å². The van der Waals surface area contributed by atoms with Gasteiger partial charge in [0.2, 0.25) is 0 Å². The van der Waals surface area contributed by atoms with Crippen molar-refractivity contribution >= 4 is 40.6 Å². The van der Waals surface area contributed by atoms with Crippen molar-refractivity contribution < 1.29 is 14.3 Å². The molecule has 124 valence electrons. The van der Waals surface area contributed by atoms with Gasteiger partial charge in [0.25, 0.3) is 0 Å². The number of ketones is 1. The van der Waals surface area contributed by atoms with Gasteiger partial charge in [-0.15, -0.1) is 0 Å². The van der Waals surface area contributed by atoms with E-state index in [0.29, 0.717) is 22.5 Å².